The lowest BCUT2D eigenvalue weighted by Crippen LogP contribution is -2.46. The van der Waals surface area contributed by atoms with Crippen LogP contribution >= 0.6 is 0 Å². The number of rotatable bonds is 6. The zero-order chi connectivity index (χ0) is 23.0. The normalized spacial score (nSPS) is 30.4. The van der Waals surface area contributed by atoms with Crippen molar-refractivity contribution in [2.45, 2.75) is 134 Å². The lowest BCUT2D eigenvalue weighted by Gasteiger charge is -2.37. The predicted octanol–water partition coefficient (Wildman–Crippen LogP) is 5.65. The summed E-state index contributed by atoms with van der Waals surface area (Å²) in [6.45, 7) is 0. The smallest absolute Gasteiger partial charge is 0.310 e. The summed E-state index contributed by atoms with van der Waals surface area (Å²) in [5, 5.41) is 0. The quantitative estimate of drug-likeness (QED) is 0.375. The van der Waals surface area contributed by atoms with Crippen molar-refractivity contribution in [2.24, 2.45) is 17.8 Å². The molecule has 0 aromatic rings. The Balaban J connectivity index is 1.46. The summed E-state index contributed by atoms with van der Waals surface area (Å²) < 4.78 is 17.7. The third-order valence-corrected chi connectivity index (χ3v) is 8.28. The molecule has 6 nitrogen and oxygen atoms in total. The first-order valence-electron chi connectivity index (χ1n) is 13.7. The molecule has 0 aliphatic heterocycles. The van der Waals surface area contributed by atoms with E-state index in [4.69, 9.17) is 14.2 Å². The minimum Gasteiger partial charge on any atom is -0.462 e. The molecule has 0 saturated heterocycles. The Bertz CT molecular complexity index is 618. The Hall–Kier alpha value is -1.59. The van der Waals surface area contributed by atoms with Gasteiger partial charge in [-0.3, -0.25) is 14.4 Å². The van der Waals surface area contributed by atoms with Crippen LogP contribution in [0.5, 0.6) is 0 Å². The van der Waals surface area contributed by atoms with Crippen LogP contribution < -0.4 is 0 Å². The average Bonchev–Trinajstić information content (AvgIpc) is 2.85. The molecule has 0 aromatic heterocycles. The van der Waals surface area contributed by atoms with Gasteiger partial charge < -0.3 is 14.2 Å². The number of carbonyl (C=O) groups is 3. The summed E-state index contributed by atoms with van der Waals surface area (Å²) >= 11 is 0. The van der Waals surface area contributed by atoms with Crippen molar-refractivity contribution in [1.82, 2.24) is 0 Å². The van der Waals surface area contributed by atoms with E-state index in [1.807, 2.05) is 0 Å². The van der Waals surface area contributed by atoms with Gasteiger partial charge in [0.25, 0.3) is 0 Å². The predicted molar refractivity (Wildman–Crippen MR) is 123 cm³/mol. The minimum atomic E-state index is -0.784. The Morgan fingerprint density at radius 3 is 1.09 bits per heavy atom. The number of carbonyl (C=O) groups excluding carboxylic acids is 3. The number of ether oxygens (including phenoxy) is 3. The van der Waals surface area contributed by atoms with Crippen LogP contribution in [0.1, 0.15) is 116 Å². The third-order valence-electron chi connectivity index (χ3n) is 8.28. The van der Waals surface area contributed by atoms with Gasteiger partial charge in [-0.1, -0.05) is 25.7 Å². The van der Waals surface area contributed by atoms with Crippen LogP contribution in [0.25, 0.3) is 0 Å². The van der Waals surface area contributed by atoms with Crippen LogP contribution in [0, 0.1) is 17.8 Å². The highest BCUT2D eigenvalue weighted by Gasteiger charge is 2.48. The molecule has 0 aromatic carbocycles. The maximum absolute atomic E-state index is 13.4. The maximum Gasteiger partial charge on any atom is 0.310 e. The van der Waals surface area contributed by atoms with Crippen LogP contribution in [-0.4, -0.2) is 36.2 Å². The molecule has 2 unspecified atom stereocenters. The van der Waals surface area contributed by atoms with E-state index in [0.29, 0.717) is 12.8 Å². The first kappa shape index (κ1) is 24.5. The maximum atomic E-state index is 13.4. The second-order valence-corrected chi connectivity index (χ2v) is 10.8. The van der Waals surface area contributed by atoms with Gasteiger partial charge in [0.15, 0.2) is 0 Å². The van der Waals surface area contributed by atoms with E-state index >= 15 is 0 Å². The summed E-state index contributed by atoms with van der Waals surface area (Å²) in [5.41, 5.74) is 0. The molecule has 33 heavy (non-hydrogen) atoms. The fourth-order valence-corrected chi connectivity index (χ4v) is 6.35. The lowest BCUT2D eigenvalue weighted by atomic mass is 9.71. The van der Waals surface area contributed by atoms with Crippen LogP contribution in [0.2, 0.25) is 0 Å². The first-order valence-corrected chi connectivity index (χ1v) is 13.7. The molecule has 0 bridgehead atoms. The Kier molecular flexibility index (Phi) is 9.08. The van der Waals surface area contributed by atoms with Crippen molar-refractivity contribution >= 4 is 17.9 Å². The summed E-state index contributed by atoms with van der Waals surface area (Å²) in [7, 11) is 0. The van der Waals surface area contributed by atoms with Crippen molar-refractivity contribution in [1.29, 1.82) is 0 Å². The van der Waals surface area contributed by atoms with Gasteiger partial charge in [-0.2, -0.15) is 0 Å². The minimum absolute atomic E-state index is 0.0594. The fourth-order valence-electron chi connectivity index (χ4n) is 6.35. The largest absolute Gasteiger partial charge is 0.462 e. The van der Waals surface area contributed by atoms with E-state index in [1.54, 1.807) is 0 Å². The fraction of sp³-hybridized carbons (Fsp3) is 0.889. The van der Waals surface area contributed by atoms with Gasteiger partial charge in [0.05, 0.1) is 17.8 Å². The Morgan fingerprint density at radius 2 is 0.727 bits per heavy atom. The van der Waals surface area contributed by atoms with Gasteiger partial charge in [0.1, 0.15) is 18.3 Å². The molecular weight excluding hydrogens is 420 g/mol. The van der Waals surface area contributed by atoms with Crippen LogP contribution in [0.3, 0.4) is 0 Å². The van der Waals surface area contributed by atoms with E-state index < -0.39 is 23.7 Å². The van der Waals surface area contributed by atoms with Gasteiger partial charge in [-0.25, -0.2) is 0 Å². The summed E-state index contributed by atoms with van der Waals surface area (Å²) in [6.07, 6.45) is 16.9. The molecule has 4 saturated carbocycles. The third kappa shape index (κ3) is 6.73. The van der Waals surface area contributed by atoms with Gasteiger partial charge >= 0.3 is 17.9 Å². The van der Waals surface area contributed by atoms with Crippen LogP contribution in [0.4, 0.5) is 0 Å². The van der Waals surface area contributed by atoms with E-state index in [9.17, 15) is 14.4 Å². The van der Waals surface area contributed by atoms with E-state index in [2.05, 4.69) is 0 Å². The Labute approximate surface area is 198 Å². The highest BCUT2D eigenvalue weighted by atomic mass is 16.6. The van der Waals surface area contributed by atoms with Crippen molar-refractivity contribution in [3.05, 3.63) is 0 Å². The molecule has 4 aliphatic carbocycles. The molecule has 0 heterocycles. The Morgan fingerprint density at radius 1 is 0.394 bits per heavy atom. The molecular formula is C27H42O6. The molecule has 6 heteroatoms. The average molecular weight is 463 g/mol. The number of hydrogen-bond acceptors (Lipinski definition) is 6. The second kappa shape index (κ2) is 12.2. The van der Waals surface area contributed by atoms with Crippen molar-refractivity contribution in [3.8, 4) is 0 Å². The van der Waals surface area contributed by atoms with Gasteiger partial charge in [-0.15, -0.1) is 0 Å². The monoisotopic (exact) mass is 462 g/mol. The summed E-state index contributed by atoms with van der Waals surface area (Å²) in [5.74, 6) is -3.03. The van der Waals surface area contributed by atoms with Crippen LogP contribution in [-0.2, 0) is 28.6 Å². The highest BCUT2D eigenvalue weighted by molar-refractivity contribution is 5.88. The molecule has 4 fully saturated rings. The molecule has 0 spiro atoms. The van der Waals surface area contributed by atoms with Gasteiger partial charge in [0.2, 0.25) is 0 Å². The molecule has 186 valence electrons. The van der Waals surface area contributed by atoms with Crippen LogP contribution in [0.15, 0.2) is 0 Å². The standard InChI is InChI=1S/C27H42O6/c28-25(31-19-11-4-1-5-12-19)22-17-10-18-23(26(29)32-20-13-6-2-7-14-20)24(22)27(30)33-21-15-8-3-9-16-21/h19-24H,1-18H2. The van der Waals surface area contributed by atoms with Gasteiger partial charge in [0, 0.05) is 0 Å². The number of esters is 3. The highest BCUT2D eigenvalue weighted by Crippen LogP contribution is 2.40. The molecule has 0 amide bonds. The zero-order valence-corrected chi connectivity index (χ0v) is 20.1. The second-order valence-electron chi connectivity index (χ2n) is 10.8. The zero-order valence-electron chi connectivity index (χ0n) is 20.1. The SMILES string of the molecule is O=C(OC1CCCCC1)C1CCCC(C(=O)OC2CCCCC2)C1C(=O)OC1CCCCC1. The summed E-state index contributed by atoms with van der Waals surface area (Å²) in [4.78, 5) is 39.9. The lowest BCUT2D eigenvalue weighted by molar-refractivity contribution is -0.180. The first-order chi connectivity index (χ1) is 16.1. The number of hydrogen-bond donors (Lipinski definition) is 0. The molecule has 2 atom stereocenters. The van der Waals surface area contributed by atoms with Crippen molar-refractivity contribution < 1.29 is 28.6 Å². The molecule has 0 radical (unpaired) electrons. The van der Waals surface area contributed by atoms with Gasteiger partial charge in [-0.05, 0) is 89.9 Å². The van der Waals surface area contributed by atoms with E-state index in [-0.39, 0.29) is 30.3 Å². The van der Waals surface area contributed by atoms with E-state index in [1.165, 1.54) is 19.3 Å². The van der Waals surface area contributed by atoms with Crippen molar-refractivity contribution in [3.63, 3.8) is 0 Å². The van der Waals surface area contributed by atoms with E-state index in [0.717, 1.165) is 83.5 Å². The summed E-state index contributed by atoms with van der Waals surface area (Å²) in [6, 6.07) is 0. The molecule has 4 aliphatic rings. The van der Waals surface area contributed by atoms with Crippen molar-refractivity contribution in [2.75, 3.05) is 0 Å². The topological polar surface area (TPSA) is 78.9 Å². The molecule has 0 N–H and O–H groups in total. The molecule has 4 rings (SSSR count).